The van der Waals surface area contributed by atoms with E-state index in [9.17, 15) is 0 Å². The van der Waals surface area contributed by atoms with Crippen molar-refractivity contribution in [2.24, 2.45) is 0 Å². The standard InChI is InChI=1S/C9H11ClN2/c10-8-2-1-4-12-9(8)7-3-5-11-6-7/h1-2,4,7,11H,3,5-6H2. The van der Waals surface area contributed by atoms with Gasteiger partial charge in [0.2, 0.25) is 0 Å². The molecule has 1 fully saturated rings. The molecule has 1 aliphatic rings. The Morgan fingerprint density at radius 2 is 2.50 bits per heavy atom. The second kappa shape index (κ2) is 3.42. The van der Waals surface area contributed by atoms with Gasteiger partial charge in [-0.3, -0.25) is 4.98 Å². The third-order valence-corrected chi connectivity index (χ3v) is 2.55. The molecule has 0 radical (unpaired) electrons. The first-order valence-corrected chi connectivity index (χ1v) is 4.57. The van der Waals surface area contributed by atoms with Gasteiger partial charge in [-0.1, -0.05) is 11.6 Å². The monoisotopic (exact) mass is 182 g/mol. The first-order valence-electron chi connectivity index (χ1n) is 4.19. The summed E-state index contributed by atoms with van der Waals surface area (Å²) < 4.78 is 0. The van der Waals surface area contributed by atoms with Crippen LogP contribution in [0.1, 0.15) is 18.0 Å². The Morgan fingerprint density at radius 3 is 3.17 bits per heavy atom. The Hall–Kier alpha value is -0.600. The highest BCUT2D eigenvalue weighted by molar-refractivity contribution is 6.31. The van der Waals surface area contributed by atoms with Crippen LogP contribution >= 0.6 is 11.6 Å². The third kappa shape index (κ3) is 1.45. The summed E-state index contributed by atoms with van der Waals surface area (Å²) in [5.41, 5.74) is 1.05. The normalized spacial score (nSPS) is 22.9. The van der Waals surface area contributed by atoms with E-state index in [4.69, 9.17) is 11.6 Å². The highest BCUT2D eigenvalue weighted by atomic mass is 35.5. The Balaban J connectivity index is 2.26. The van der Waals surface area contributed by atoms with Gasteiger partial charge in [0.1, 0.15) is 0 Å². The van der Waals surface area contributed by atoms with Gasteiger partial charge in [0.05, 0.1) is 10.7 Å². The van der Waals surface area contributed by atoms with E-state index in [0.717, 1.165) is 30.2 Å². The van der Waals surface area contributed by atoms with Crippen molar-refractivity contribution in [2.45, 2.75) is 12.3 Å². The van der Waals surface area contributed by atoms with Crippen LogP contribution in [0.3, 0.4) is 0 Å². The molecular formula is C9H11ClN2. The van der Waals surface area contributed by atoms with Crippen LogP contribution in [0.25, 0.3) is 0 Å². The van der Waals surface area contributed by atoms with Crippen LogP contribution in [0, 0.1) is 0 Å². The Kier molecular flexibility index (Phi) is 2.28. The molecule has 0 aliphatic carbocycles. The van der Waals surface area contributed by atoms with Crippen molar-refractivity contribution in [3.63, 3.8) is 0 Å². The van der Waals surface area contributed by atoms with Crippen LogP contribution in [0.5, 0.6) is 0 Å². The maximum Gasteiger partial charge on any atom is 0.0633 e. The van der Waals surface area contributed by atoms with Crippen LogP contribution in [0.4, 0.5) is 0 Å². The summed E-state index contributed by atoms with van der Waals surface area (Å²) in [6, 6.07) is 3.77. The minimum absolute atomic E-state index is 0.513. The minimum atomic E-state index is 0.513. The number of hydrogen-bond acceptors (Lipinski definition) is 2. The second-order valence-electron chi connectivity index (χ2n) is 3.06. The molecule has 1 aromatic heterocycles. The molecule has 3 heteroatoms. The average molecular weight is 183 g/mol. The first-order chi connectivity index (χ1) is 5.88. The smallest absolute Gasteiger partial charge is 0.0633 e. The molecule has 0 saturated carbocycles. The Bertz CT molecular complexity index is 269. The number of nitrogens with one attached hydrogen (secondary N) is 1. The molecule has 0 bridgehead atoms. The summed E-state index contributed by atoms with van der Waals surface area (Å²) in [6.07, 6.45) is 2.95. The van der Waals surface area contributed by atoms with Crippen molar-refractivity contribution in [3.05, 3.63) is 29.0 Å². The Morgan fingerprint density at radius 1 is 1.58 bits per heavy atom. The molecule has 1 atom stereocenters. The zero-order valence-corrected chi connectivity index (χ0v) is 7.51. The van der Waals surface area contributed by atoms with E-state index in [2.05, 4.69) is 10.3 Å². The summed E-state index contributed by atoms with van der Waals surface area (Å²) in [5, 5.41) is 4.10. The summed E-state index contributed by atoms with van der Waals surface area (Å²) in [7, 11) is 0. The molecule has 0 aromatic carbocycles. The zero-order chi connectivity index (χ0) is 8.39. The largest absolute Gasteiger partial charge is 0.316 e. The van der Waals surface area contributed by atoms with Crippen LogP contribution in [0.15, 0.2) is 18.3 Å². The van der Waals surface area contributed by atoms with Gasteiger partial charge in [-0.15, -0.1) is 0 Å². The number of nitrogens with zero attached hydrogens (tertiary/aromatic N) is 1. The van der Waals surface area contributed by atoms with Gasteiger partial charge < -0.3 is 5.32 Å². The predicted molar refractivity (Wildman–Crippen MR) is 49.5 cm³/mol. The summed E-state index contributed by atoms with van der Waals surface area (Å²) in [5.74, 6) is 0.513. The zero-order valence-electron chi connectivity index (χ0n) is 6.76. The van der Waals surface area contributed by atoms with Gasteiger partial charge >= 0.3 is 0 Å². The number of rotatable bonds is 1. The number of hydrogen-bond donors (Lipinski definition) is 1. The van der Waals surface area contributed by atoms with Crippen molar-refractivity contribution in [3.8, 4) is 0 Å². The lowest BCUT2D eigenvalue weighted by Gasteiger charge is -2.08. The number of aromatic nitrogens is 1. The fraction of sp³-hybridized carbons (Fsp3) is 0.444. The lowest BCUT2D eigenvalue weighted by Crippen LogP contribution is -2.09. The molecule has 1 saturated heterocycles. The molecule has 1 aromatic rings. The predicted octanol–water partition coefficient (Wildman–Crippen LogP) is 1.81. The molecule has 12 heavy (non-hydrogen) atoms. The Labute approximate surface area is 77.0 Å². The molecule has 2 nitrogen and oxygen atoms in total. The number of halogens is 1. The lowest BCUT2D eigenvalue weighted by molar-refractivity contribution is 0.735. The van der Waals surface area contributed by atoms with Crippen LogP contribution in [0.2, 0.25) is 5.02 Å². The molecule has 1 unspecified atom stereocenters. The highest BCUT2D eigenvalue weighted by Gasteiger charge is 2.19. The van der Waals surface area contributed by atoms with E-state index in [1.54, 1.807) is 6.20 Å². The maximum absolute atomic E-state index is 6.01. The first kappa shape index (κ1) is 8.02. The highest BCUT2D eigenvalue weighted by Crippen LogP contribution is 2.26. The number of pyridine rings is 1. The van der Waals surface area contributed by atoms with Gasteiger partial charge in [-0.25, -0.2) is 0 Å². The van der Waals surface area contributed by atoms with E-state index in [0.29, 0.717) is 5.92 Å². The minimum Gasteiger partial charge on any atom is -0.316 e. The van der Waals surface area contributed by atoms with Crippen LogP contribution < -0.4 is 5.32 Å². The molecule has 1 aliphatic heterocycles. The fourth-order valence-electron chi connectivity index (χ4n) is 1.59. The van der Waals surface area contributed by atoms with Crippen molar-refractivity contribution in [2.75, 3.05) is 13.1 Å². The third-order valence-electron chi connectivity index (χ3n) is 2.23. The van der Waals surface area contributed by atoms with Gasteiger partial charge in [-0.05, 0) is 25.1 Å². The molecule has 2 heterocycles. The summed E-state index contributed by atoms with van der Waals surface area (Å²) in [6.45, 7) is 2.09. The SMILES string of the molecule is Clc1cccnc1C1CCNC1. The van der Waals surface area contributed by atoms with Crippen LogP contribution in [-0.2, 0) is 0 Å². The molecule has 1 N–H and O–H groups in total. The molecule has 2 rings (SSSR count). The van der Waals surface area contributed by atoms with E-state index in [1.807, 2.05) is 12.1 Å². The topological polar surface area (TPSA) is 24.9 Å². The molecule has 0 amide bonds. The van der Waals surface area contributed by atoms with E-state index in [1.165, 1.54) is 0 Å². The molecular weight excluding hydrogens is 172 g/mol. The summed E-state index contributed by atoms with van der Waals surface area (Å²) in [4.78, 5) is 4.29. The second-order valence-corrected chi connectivity index (χ2v) is 3.47. The fourth-order valence-corrected chi connectivity index (χ4v) is 1.86. The quantitative estimate of drug-likeness (QED) is 0.717. The van der Waals surface area contributed by atoms with E-state index in [-0.39, 0.29) is 0 Å². The van der Waals surface area contributed by atoms with Gasteiger partial charge in [0.25, 0.3) is 0 Å². The van der Waals surface area contributed by atoms with Crippen molar-refractivity contribution in [1.82, 2.24) is 10.3 Å². The summed E-state index contributed by atoms with van der Waals surface area (Å²) >= 11 is 6.01. The van der Waals surface area contributed by atoms with Gasteiger partial charge in [-0.2, -0.15) is 0 Å². The van der Waals surface area contributed by atoms with Crippen molar-refractivity contribution in [1.29, 1.82) is 0 Å². The lowest BCUT2D eigenvalue weighted by atomic mass is 10.0. The van der Waals surface area contributed by atoms with Gasteiger partial charge in [0, 0.05) is 18.7 Å². The maximum atomic E-state index is 6.01. The molecule has 64 valence electrons. The van der Waals surface area contributed by atoms with E-state index < -0.39 is 0 Å². The molecule has 0 spiro atoms. The average Bonchev–Trinajstić information content (AvgIpc) is 2.57. The van der Waals surface area contributed by atoms with Crippen molar-refractivity contribution < 1.29 is 0 Å². The van der Waals surface area contributed by atoms with Crippen LogP contribution in [-0.4, -0.2) is 18.1 Å². The van der Waals surface area contributed by atoms with Gasteiger partial charge in [0.15, 0.2) is 0 Å². The van der Waals surface area contributed by atoms with E-state index >= 15 is 0 Å². The van der Waals surface area contributed by atoms with Crippen molar-refractivity contribution >= 4 is 11.6 Å².